The van der Waals surface area contributed by atoms with Crippen molar-refractivity contribution < 1.29 is 5.11 Å². The molecule has 21 heavy (non-hydrogen) atoms. The molecule has 0 bridgehead atoms. The van der Waals surface area contributed by atoms with Crippen molar-refractivity contribution in [1.82, 2.24) is 9.47 Å². The quantitative estimate of drug-likeness (QED) is 0.921. The van der Waals surface area contributed by atoms with Crippen LogP contribution in [0.15, 0.2) is 12.3 Å². The largest absolute Gasteiger partial charge is 0.388 e. The Labute approximate surface area is 129 Å². The molecule has 1 heterocycles. The Hall–Kier alpha value is -0.800. The molecule has 3 rings (SSSR count). The van der Waals surface area contributed by atoms with Gasteiger partial charge in [0.1, 0.15) is 0 Å². The summed E-state index contributed by atoms with van der Waals surface area (Å²) in [6.07, 6.45) is 9.39. The van der Waals surface area contributed by atoms with Gasteiger partial charge in [-0.15, -0.1) is 0 Å². The van der Waals surface area contributed by atoms with Gasteiger partial charge in [-0.05, 0) is 44.2 Å². The summed E-state index contributed by atoms with van der Waals surface area (Å²) in [6.45, 7) is 6.69. The Bertz CT molecular complexity index is 485. The second-order valence-electron chi connectivity index (χ2n) is 7.89. The van der Waals surface area contributed by atoms with Crippen molar-refractivity contribution in [3.05, 3.63) is 23.5 Å². The Morgan fingerprint density at radius 2 is 2.05 bits per heavy atom. The maximum Gasteiger partial charge on any atom is 0.0812 e. The lowest BCUT2D eigenvalue weighted by atomic mass is 9.75. The first-order valence-corrected chi connectivity index (χ1v) is 8.52. The van der Waals surface area contributed by atoms with Crippen LogP contribution in [0.4, 0.5) is 0 Å². The van der Waals surface area contributed by atoms with Gasteiger partial charge in [0.15, 0.2) is 0 Å². The van der Waals surface area contributed by atoms with E-state index in [4.69, 9.17) is 0 Å². The van der Waals surface area contributed by atoms with Gasteiger partial charge in [-0.2, -0.15) is 0 Å². The molecule has 1 atom stereocenters. The van der Waals surface area contributed by atoms with Crippen LogP contribution in [0.2, 0.25) is 0 Å². The first-order valence-electron chi connectivity index (χ1n) is 8.52. The van der Waals surface area contributed by atoms with E-state index in [1.807, 2.05) is 0 Å². The van der Waals surface area contributed by atoms with Crippen LogP contribution in [0.3, 0.4) is 0 Å². The SMILES string of the molecule is CN(CCn1ccc2c1CC(C)(C)CC2O)C1CCCC1. The number of aromatic nitrogens is 1. The van der Waals surface area contributed by atoms with E-state index in [0.717, 1.165) is 37.5 Å². The number of hydrogen-bond donors (Lipinski definition) is 1. The summed E-state index contributed by atoms with van der Waals surface area (Å²) in [7, 11) is 2.27. The first-order chi connectivity index (χ1) is 9.96. The van der Waals surface area contributed by atoms with E-state index in [2.05, 4.69) is 42.6 Å². The fraction of sp³-hybridized carbons (Fsp3) is 0.778. The zero-order valence-corrected chi connectivity index (χ0v) is 13.8. The van der Waals surface area contributed by atoms with Crippen molar-refractivity contribution >= 4 is 0 Å². The zero-order valence-electron chi connectivity index (χ0n) is 13.8. The average Bonchev–Trinajstić information content (AvgIpc) is 3.03. The summed E-state index contributed by atoms with van der Waals surface area (Å²) >= 11 is 0. The first kappa shape index (κ1) is 15.1. The summed E-state index contributed by atoms with van der Waals surface area (Å²) in [5, 5.41) is 10.3. The van der Waals surface area contributed by atoms with Crippen LogP contribution < -0.4 is 0 Å². The monoisotopic (exact) mass is 290 g/mol. The predicted octanol–water partition coefficient (Wildman–Crippen LogP) is 3.37. The second-order valence-corrected chi connectivity index (χ2v) is 7.89. The summed E-state index contributed by atoms with van der Waals surface area (Å²) in [4.78, 5) is 2.53. The second kappa shape index (κ2) is 5.77. The number of fused-ring (bicyclic) bond motifs is 1. The molecule has 1 saturated carbocycles. The molecule has 2 aliphatic rings. The van der Waals surface area contributed by atoms with E-state index in [1.54, 1.807) is 0 Å². The number of likely N-dealkylation sites (N-methyl/N-ethyl adjacent to an activating group) is 1. The molecular formula is C18H30N2O. The van der Waals surface area contributed by atoms with Gasteiger partial charge in [0.25, 0.3) is 0 Å². The molecule has 1 fully saturated rings. The van der Waals surface area contributed by atoms with Crippen LogP contribution in [0, 0.1) is 5.41 Å². The standard InChI is InChI=1S/C18H30N2O/c1-18(2)12-16-15(17(21)13-18)8-9-20(16)11-10-19(3)14-6-4-5-7-14/h8-9,14,17,21H,4-7,10-13H2,1-3H3. The highest BCUT2D eigenvalue weighted by molar-refractivity contribution is 5.29. The lowest BCUT2D eigenvalue weighted by molar-refractivity contribution is 0.0976. The molecule has 1 unspecified atom stereocenters. The lowest BCUT2D eigenvalue weighted by Gasteiger charge is -2.34. The molecule has 118 valence electrons. The van der Waals surface area contributed by atoms with E-state index >= 15 is 0 Å². The van der Waals surface area contributed by atoms with Crippen LogP contribution in [0.1, 0.15) is 63.3 Å². The molecule has 1 N–H and O–H groups in total. The van der Waals surface area contributed by atoms with E-state index in [1.165, 1.54) is 31.4 Å². The number of nitrogens with zero attached hydrogens (tertiary/aromatic N) is 2. The number of hydrogen-bond acceptors (Lipinski definition) is 2. The van der Waals surface area contributed by atoms with E-state index in [-0.39, 0.29) is 11.5 Å². The number of aliphatic hydroxyl groups excluding tert-OH is 1. The maximum absolute atomic E-state index is 10.3. The van der Waals surface area contributed by atoms with Crippen molar-refractivity contribution in [3.8, 4) is 0 Å². The van der Waals surface area contributed by atoms with Gasteiger partial charge in [-0.1, -0.05) is 26.7 Å². The highest BCUT2D eigenvalue weighted by Crippen LogP contribution is 2.41. The minimum atomic E-state index is -0.280. The van der Waals surface area contributed by atoms with E-state index in [0.29, 0.717) is 0 Å². The average molecular weight is 290 g/mol. The molecule has 2 aliphatic carbocycles. The molecule has 1 aromatic heterocycles. The van der Waals surface area contributed by atoms with Crippen LogP contribution in [-0.2, 0) is 13.0 Å². The van der Waals surface area contributed by atoms with Crippen LogP contribution in [0.5, 0.6) is 0 Å². The molecule has 1 aromatic rings. The Balaban J connectivity index is 1.67. The van der Waals surface area contributed by atoms with Crippen LogP contribution >= 0.6 is 0 Å². The summed E-state index contributed by atoms with van der Waals surface area (Å²) in [5.74, 6) is 0. The van der Waals surface area contributed by atoms with Gasteiger partial charge in [-0.3, -0.25) is 0 Å². The molecular weight excluding hydrogens is 260 g/mol. The Morgan fingerprint density at radius 1 is 1.33 bits per heavy atom. The van der Waals surface area contributed by atoms with Gasteiger partial charge >= 0.3 is 0 Å². The van der Waals surface area contributed by atoms with Crippen LogP contribution in [-0.4, -0.2) is 34.2 Å². The van der Waals surface area contributed by atoms with E-state index < -0.39 is 0 Å². The normalized spacial score (nSPS) is 25.5. The summed E-state index contributed by atoms with van der Waals surface area (Å²) in [5.41, 5.74) is 2.73. The molecule has 0 amide bonds. The fourth-order valence-corrected chi connectivity index (χ4v) is 4.19. The minimum absolute atomic E-state index is 0.208. The Kier molecular flexibility index (Phi) is 4.15. The third kappa shape index (κ3) is 3.19. The van der Waals surface area contributed by atoms with Crippen molar-refractivity contribution in [3.63, 3.8) is 0 Å². The van der Waals surface area contributed by atoms with Gasteiger partial charge < -0.3 is 14.6 Å². The van der Waals surface area contributed by atoms with Crippen LogP contribution in [0.25, 0.3) is 0 Å². The zero-order chi connectivity index (χ0) is 15.0. The predicted molar refractivity (Wildman–Crippen MR) is 86.4 cm³/mol. The molecule has 0 aliphatic heterocycles. The highest BCUT2D eigenvalue weighted by Gasteiger charge is 2.33. The molecule has 0 radical (unpaired) electrons. The highest BCUT2D eigenvalue weighted by atomic mass is 16.3. The topological polar surface area (TPSA) is 28.4 Å². The van der Waals surface area contributed by atoms with Crippen molar-refractivity contribution in [2.75, 3.05) is 13.6 Å². The van der Waals surface area contributed by atoms with Gasteiger partial charge in [0, 0.05) is 36.6 Å². The minimum Gasteiger partial charge on any atom is -0.388 e. The molecule has 3 nitrogen and oxygen atoms in total. The Morgan fingerprint density at radius 3 is 2.76 bits per heavy atom. The lowest BCUT2D eigenvalue weighted by Crippen LogP contribution is -2.33. The van der Waals surface area contributed by atoms with E-state index in [9.17, 15) is 5.11 Å². The smallest absolute Gasteiger partial charge is 0.0812 e. The molecule has 0 saturated heterocycles. The van der Waals surface area contributed by atoms with Gasteiger partial charge in [0.05, 0.1) is 6.10 Å². The molecule has 0 spiro atoms. The van der Waals surface area contributed by atoms with Crippen molar-refractivity contribution in [1.29, 1.82) is 0 Å². The number of rotatable bonds is 4. The summed E-state index contributed by atoms with van der Waals surface area (Å²) < 4.78 is 2.38. The van der Waals surface area contributed by atoms with Gasteiger partial charge in [0.2, 0.25) is 0 Å². The van der Waals surface area contributed by atoms with Crippen molar-refractivity contribution in [2.24, 2.45) is 5.41 Å². The maximum atomic E-state index is 10.3. The third-order valence-corrected chi connectivity index (χ3v) is 5.51. The van der Waals surface area contributed by atoms with Gasteiger partial charge in [-0.25, -0.2) is 0 Å². The molecule has 3 heteroatoms. The summed E-state index contributed by atoms with van der Waals surface area (Å²) in [6, 6.07) is 2.92. The molecule has 0 aromatic carbocycles. The third-order valence-electron chi connectivity index (χ3n) is 5.51. The van der Waals surface area contributed by atoms with Crippen molar-refractivity contribution in [2.45, 2.75) is 71.1 Å². The fourth-order valence-electron chi connectivity index (χ4n) is 4.19. The number of aliphatic hydroxyl groups is 1.